The van der Waals surface area contributed by atoms with Crippen molar-refractivity contribution in [2.24, 2.45) is 0 Å². The SMILES string of the molecule is CN(c1nc2cc(OC(=O)O)ccc2nc1-c1ccc(F)cc1)C1CCOCC1. The second-order valence-corrected chi connectivity index (χ2v) is 6.88. The summed E-state index contributed by atoms with van der Waals surface area (Å²) in [4.78, 5) is 22.4. The van der Waals surface area contributed by atoms with Gasteiger partial charge in [0.2, 0.25) is 0 Å². The third kappa shape index (κ3) is 4.12. The van der Waals surface area contributed by atoms with Crippen molar-refractivity contribution in [2.45, 2.75) is 18.9 Å². The van der Waals surface area contributed by atoms with Crippen LogP contribution in [0.5, 0.6) is 5.75 Å². The van der Waals surface area contributed by atoms with Crippen molar-refractivity contribution in [2.75, 3.05) is 25.2 Å². The van der Waals surface area contributed by atoms with Gasteiger partial charge in [-0.05, 0) is 49.2 Å². The van der Waals surface area contributed by atoms with Crippen molar-refractivity contribution >= 4 is 23.0 Å². The molecule has 0 amide bonds. The number of ether oxygens (including phenoxy) is 2. The van der Waals surface area contributed by atoms with Crippen molar-refractivity contribution in [1.29, 1.82) is 0 Å². The van der Waals surface area contributed by atoms with Gasteiger partial charge in [-0.15, -0.1) is 0 Å². The van der Waals surface area contributed by atoms with E-state index in [4.69, 9.17) is 24.5 Å². The monoisotopic (exact) mass is 397 g/mol. The second-order valence-electron chi connectivity index (χ2n) is 6.88. The average Bonchev–Trinajstić information content (AvgIpc) is 2.73. The maximum atomic E-state index is 13.4. The normalized spacial score (nSPS) is 14.7. The molecular formula is C21H20FN3O4. The Kier molecular flexibility index (Phi) is 5.26. The minimum Gasteiger partial charge on any atom is -0.449 e. The number of fused-ring (bicyclic) bond motifs is 1. The zero-order chi connectivity index (χ0) is 20.4. The van der Waals surface area contributed by atoms with Gasteiger partial charge in [-0.2, -0.15) is 0 Å². The summed E-state index contributed by atoms with van der Waals surface area (Å²) in [5.74, 6) is 0.495. The standard InChI is InChI=1S/C21H20FN3O4/c1-25(15-8-10-28-11-9-15)20-19(13-2-4-14(22)5-3-13)23-17-7-6-16(29-21(26)27)12-18(17)24-20/h2-7,12,15H,8-11H2,1H3,(H,26,27). The van der Waals surface area contributed by atoms with Gasteiger partial charge in [0.25, 0.3) is 0 Å². The van der Waals surface area contributed by atoms with E-state index in [1.807, 2.05) is 7.05 Å². The maximum absolute atomic E-state index is 13.4. The van der Waals surface area contributed by atoms with Gasteiger partial charge in [-0.1, -0.05) is 0 Å². The predicted molar refractivity (Wildman–Crippen MR) is 106 cm³/mol. The van der Waals surface area contributed by atoms with Gasteiger partial charge < -0.3 is 19.5 Å². The van der Waals surface area contributed by atoms with Gasteiger partial charge >= 0.3 is 6.16 Å². The summed E-state index contributed by atoms with van der Waals surface area (Å²) in [6.07, 6.45) is 0.336. The number of carboxylic acid groups (broad SMARTS) is 1. The fourth-order valence-electron chi connectivity index (χ4n) is 3.48. The van der Waals surface area contributed by atoms with Crippen LogP contribution in [0.1, 0.15) is 12.8 Å². The third-order valence-corrected chi connectivity index (χ3v) is 5.01. The minimum absolute atomic E-state index is 0.175. The van der Waals surface area contributed by atoms with Crippen LogP contribution in [-0.4, -0.2) is 47.5 Å². The summed E-state index contributed by atoms with van der Waals surface area (Å²) in [5.41, 5.74) is 2.49. The first-order chi connectivity index (χ1) is 14.0. The second kappa shape index (κ2) is 8.00. The predicted octanol–water partition coefficient (Wildman–Crippen LogP) is 4.11. The maximum Gasteiger partial charge on any atom is 0.511 e. The van der Waals surface area contributed by atoms with Crippen LogP contribution in [0.4, 0.5) is 15.0 Å². The van der Waals surface area contributed by atoms with Crippen molar-refractivity contribution in [3.05, 3.63) is 48.3 Å². The molecule has 1 saturated heterocycles. The van der Waals surface area contributed by atoms with E-state index >= 15 is 0 Å². The summed E-state index contributed by atoms with van der Waals surface area (Å²) in [5, 5.41) is 8.86. The van der Waals surface area contributed by atoms with E-state index in [9.17, 15) is 9.18 Å². The Balaban J connectivity index is 1.83. The number of nitrogens with zero attached hydrogens (tertiary/aromatic N) is 3. The molecule has 1 aliphatic heterocycles. The molecule has 0 aliphatic carbocycles. The Labute approximate surface area is 166 Å². The van der Waals surface area contributed by atoms with E-state index in [0.717, 1.165) is 18.4 Å². The van der Waals surface area contributed by atoms with Crippen molar-refractivity contribution in [3.8, 4) is 17.0 Å². The molecule has 0 saturated carbocycles. The molecule has 1 N–H and O–H groups in total. The number of halogens is 1. The molecule has 0 bridgehead atoms. The van der Waals surface area contributed by atoms with Crippen molar-refractivity contribution in [3.63, 3.8) is 0 Å². The van der Waals surface area contributed by atoms with Crippen LogP contribution in [0.15, 0.2) is 42.5 Å². The van der Waals surface area contributed by atoms with E-state index < -0.39 is 6.16 Å². The molecule has 4 rings (SSSR count). The molecule has 0 atom stereocenters. The Morgan fingerprint density at radius 2 is 1.86 bits per heavy atom. The lowest BCUT2D eigenvalue weighted by atomic mass is 10.1. The first-order valence-corrected chi connectivity index (χ1v) is 9.30. The molecule has 0 unspecified atom stereocenters. The van der Waals surface area contributed by atoms with Crippen molar-refractivity contribution in [1.82, 2.24) is 9.97 Å². The average molecular weight is 397 g/mol. The van der Waals surface area contributed by atoms with E-state index in [2.05, 4.69) is 4.90 Å². The molecule has 2 aromatic carbocycles. The van der Waals surface area contributed by atoms with Crippen molar-refractivity contribution < 1.29 is 23.8 Å². The summed E-state index contributed by atoms with van der Waals surface area (Å²) in [7, 11) is 1.95. The molecule has 150 valence electrons. The van der Waals surface area contributed by atoms with Crippen LogP contribution in [0.2, 0.25) is 0 Å². The molecule has 7 nitrogen and oxygen atoms in total. The van der Waals surface area contributed by atoms with Crippen LogP contribution < -0.4 is 9.64 Å². The van der Waals surface area contributed by atoms with Crippen LogP contribution in [0.25, 0.3) is 22.3 Å². The Morgan fingerprint density at radius 3 is 2.55 bits per heavy atom. The number of rotatable bonds is 4. The summed E-state index contributed by atoms with van der Waals surface area (Å²) in [6.45, 7) is 1.36. The van der Waals surface area contributed by atoms with Gasteiger partial charge in [-0.3, -0.25) is 0 Å². The summed E-state index contributed by atoms with van der Waals surface area (Å²) < 4.78 is 23.6. The highest BCUT2D eigenvalue weighted by atomic mass is 19.1. The lowest BCUT2D eigenvalue weighted by molar-refractivity contribution is 0.0854. The molecular weight excluding hydrogens is 377 g/mol. The molecule has 1 fully saturated rings. The molecule has 8 heteroatoms. The highest BCUT2D eigenvalue weighted by Crippen LogP contribution is 2.32. The molecule has 2 heterocycles. The molecule has 29 heavy (non-hydrogen) atoms. The third-order valence-electron chi connectivity index (χ3n) is 5.01. The largest absolute Gasteiger partial charge is 0.511 e. The Morgan fingerprint density at radius 1 is 1.14 bits per heavy atom. The number of anilines is 1. The highest BCUT2D eigenvalue weighted by Gasteiger charge is 2.24. The summed E-state index contributed by atoms with van der Waals surface area (Å²) in [6, 6.07) is 11.1. The van der Waals surface area contributed by atoms with E-state index in [0.29, 0.717) is 35.8 Å². The smallest absolute Gasteiger partial charge is 0.449 e. The number of carbonyl (C=O) groups is 1. The Bertz CT molecular complexity index is 1040. The first kappa shape index (κ1) is 19.1. The fraction of sp³-hybridized carbons (Fsp3) is 0.286. The molecule has 3 aromatic rings. The zero-order valence-corrected chi connectivity index (χ0v) is 15.8. The lowest BCUT2D eigenvalue weighted by Gasteiger charge is -2.33. The van der Waals surface area contributed by atoms with Gasteiger partial charge in [0.1, 0.15) is 17.3 Å². The van der Waals surface area contributed by atoms with Crippen LogP contribution in [0.3, 0.4) is 0 Å². The molecule has 0 radical (unpaired) electrons. The lowest BCUT2D eigenvalue weighted by Crippen LogP contribution is -2.37. The van der Waals surface area contributed by atoms with Gasteiger partial charge in [-0.25, -0.2) is 19.2 Å². The highest BCUT2D eigenvalue weighted by molar-refractivity contribution is 5.85. The van der Waals surface area contributed by atoms with Crippen LogP contribution >= 0.6 is 0 Å². The quantitative estimate of drug-likeness (QED) is 0.524. The van der Waals surface area contributed by atoms with E-state index in [-0.39, 0.29) is 17.6 Å². The number of hydrogen-bond acceptors (Lipinski definition) is 6. The topological polar surface area (TPSA) is 84.8 Å². The zero-order valence-electron chi connectivity index (χ0n) is 15.8. The van der Waals surface area contributed by atoms with Gasteiger partial charge in [0.05, 0.1) is 11.0 Å². The van der Waals surface area contributed by atoms with Gasteiger partial charge in [0.15, 0.2) is 5.82 Å². The van der Waals surface area contributed by atoms with Crippen LogP contribution in [0, 0.1) is 5.82 Å². The summed E-state index contributed by atoms with van der Waals surface area (Å²) >= 11 is 0. The molecule has 1 aliphatic rings. The fourth-order valence-corrected chi connectivity index (χ4v) is 3.48. The minimum atomic E-state index is -1.39. The van der Waals surface area contributed by atoms with Gasteiger partial charge in [0, 0.05) is 37.9 Å². The van der Waals surface area contributed by atoms with E-state index in [1.165, 1.54) is 18.2 Å². The number of aromatic nitrogens is 2. The molecule has 1 aromatic heterocycles. The molecule has 0 spiro atoms. The number of benzene rings is 2. The van der Waals surface area contributed by atoms with Crippen LogP contribution in [-0.2, 0) is 4.74 Å². The van der Waals surface area contributed by atoms with E-state index in [1.54, 1.807) is 24.3 Å². The Hall–Kier alpha value is -3.26. The first-order valence-electron chi connectivity index (χ1n) is 9.30. The number of hydrogen-bond donors (Lipinski definition) is 1.